The summed E-state index contributed by atoms with van der Waals surface area (Å²) in [6.45, 7) is 1.90. The predicted octanol–water partition coefficient (Wildman–Crippen LogP) is 3.66. The lowest BCUT2D eigenvalue weighted by Crippen LogP contribution is -2.11. The number of hydrogen-bond donors (Lipinski definition) is 0. The van der Waals surface area contributed by atoms with Gasteiger partial charge in [-0.1, -0.05) is 29.8 Å². The maximum absolute atomic E-state index is 12.3. The van der Waals surface area contributed by atoms with Crippen molar-refractivity contribution < 1.29 is 13.2 Å². The Balaban J connectivity index is 2.14. The molecule has 1 saturated carbocycles. The minimum absolute atomic E-state index is 0.257. The third-order valence-corrected chi connectivity index (χ3v) is 2.68. The van der Waals surface area contributed by atoms with Crippen molar-refractivity contribution in [3.63, 3.8) is 0 Å². The summed E-state index contributed by atoms with van der Waals surface area (Å²) in [7, 11) is 0. The van der Waals surface area contributed by atoms with Crippen LogP contribution in [-0.4, -0.2) is 6.18 Å². The van der Waals surface area contributed by atoms with Crippen LogP contribution in [0.2, 0.25) is 0 Å². The fourth-order valence-electron chi connectivity index (χ4n) is 1.83. The van der Waals surface area contributed by atoms with E-state index in [4.69, 9.17) is 0 Å². The van der Waals surface area contributed by atoms with Crippen molar-refractivity contribution in [2.75, 3.05) is 0 Å². The maximum Gasteiger partial charge on any atom is 0.392 e. The van der Waals surface area contributed by atoms with Gasteiger partial charge in [0, 0.05) is 0 Å². The van der Waals surface area contributed by atoms with Crippen LogP contribution in [-0.2, 0) is 0 Å². The van der Waals surface area contributed by atoms with Crippen LogP contribution in [0.1, 0.15) is 23.5 Å². The topological polar surface area (TPSA) is 0 Å². The molecule has 0 unspecified atom stereocenters. The van der Waals surface area contributed by atoms with E-state index >= 15 is 0 Å². The standard InChI is InChI=1S/C11H11F3/c1-7-3-2-4-8(5-7)9-6-10(9)11(12,13)14/h2-5,9-10H,6H2,1H3/t9-,10+/m1/s1. The third-order valence-electron chi connectivity index (χ3n) is 2.68. The van der Waals surface area contributed by atoms with Crippen molar-refractivity contribution in [2.45, 2.75) is 25.4 Å². The molecule has 0 saturated heterocycles. The number of alkyl halides is 3. The first-order valence-corrected chi connectivity index (χ1v) is 4.62. The highest BCUT2D eigenvalue weighted by atomic mass is 19.4. The Kier molecular flexibility index (Phi) is 2.05. The smallest absolute Gasteiger partial charge is 0.171 e. The average molecular weight is 200 g/mol. The Bertz CT molecular complexity index is 341. The monoisotopic (exact) mass is 200 g/mol. The molecule has 1 fully saturated rings. The van der Waals surface area contributed by atoms with Gasteiger partial charge in [-0.05, 0) is 24.8 Å². The van der Waals surface area contributed by atoms with Crippen molar-refractivity contribution in [1.29, 1.82) is 0 Å². The normalized spacial score (nSPS) is 26.3. The summed E-state index contributed by atoms with van der Waals surface area (Å²) in [6, 6.07) is 7.34. The quantitative estimate of drug-likeness (QED) is 0.649. The summed E-state index contributed by atoms with van der Waals surface area (Å²) in [5.74, 6) is -1.40. The maximum atomic E-state index is 12.3. The molecule has 0 spiro atoms. The second kappa shape index (κ2) is 3.01. The van der Waals surface area contributed by atoms with E-state index < -0.39 is 12.1 Å². The minimum Gasteiger partial charge on any atom is -0.171 e. The minimum atomic E-state index is -4.02. The van der Waals surface area contributed by atoms with Crippen LogP contribution in [0.15, 0.2) is 24.3 Å². The molecule has 3 heteroatoms. The molecule has 0 N–H and O–H groups in total. The molecule has 2 rings (SSSR count). The second-order valence-corrected chi connectivity index (χ2v) is 3.90. The molecule has 76 valence electrons. The highest BCUT2D eigenvalue weighted by Gasteiger charge is 2.55. The zero-order chi connectivity index (χ0) is 10.3. The molecule has 0 heterocycles. The van der Waals surface area contributed by atoms with Gasteiger partial charge in [0.1, 0.15) is 0 Å². The van der Waals surface area contributed by atoms with Gasteiger partial charge in [0.25, 0.3) is 0 Å². The largest absolute Gasteiger partial charge is 0.392 e. The van der Waals surface area contributed by atoms with Crippen LogP contribution in [0.3, 0.4) is 0 Å². The van der Waals surface area contributed by atoms with Crippen LogP contribution >= 0.6 is 0 Å². The first kappa shape index (κ1) is 9.56. The molecule has 2 atom stereocenters. The number of halogens is 3. The molecule has 1 aromatic carbocycles. The van der Waals surface area contributed by atoms with Crippen LogP contribution in [0.4, 0.5) is 13.2 Å². The van der Waals surface area contributed by atoms with Crippen LogP contribution in [0, 0.1) is 12.8 Å². The second-order valence-electron chi connectivity index (χ2n) is 3.90. The Morgan fingerprint density at radius 1 is 1.29 bits per heavy atom. The van der Waals surface area contributed by atoms with Crippen molar-refractivity contribution in [1.82, 2.24) is 0 Å². The molecule has 14 heavy (non-hydrogen) atoms. The summed E-state index contributed by atoms with van der Waals surface area (Å²) in [5.41, 5.74) is 1.85. The molecule has 1 aliphatic carbocycles. The van der Waals surface area contributed by atoms with Gasteiger partial charge < -0.3 is 0 Å². The summed E-state index contributed by atoms with van der Waals surface area (Å²) >= 11 is 0. The highest BCUT2D eigenvalue weighted by molar-refractivity contribution is 5.30. The average Bonchev–Trinajstić information content (AvgIpc) is 2.81. The lowest BCUT2D eigenvalue weighted by Gasteiger charge is -2.05. The Morgan fingerprint density at radius 2 is 2.00 bits per heavy atom. The molecule has 1 aromatic rings. The van der Waals surface area contributed by atoms with Gasteiger partial charge in [-0.3, -0.25) is 0 Å². The van der Waals surface area contributed by atoms with E-state index in [1.807, 2.05) is 25.1 Å². The van der Waals surface area contributed by atoms with Gasteiger partial charge in [0.15, 0.2) is 0 Å². The SMILES string of the molecule is Cc1cccc([C@H]2C[C@@H]2C(F)(F)F)c1. The summed E-state index contributed by atoms with van der Waals surface area (Å²) in [5, 5.41) is 0. The van der Waals surface area contributed by atoms with E-state index in [1.54, 1.807) is 6.07 Å². The number of aryl methyl sites for hydroxylation is 1. The lowest BCUT2D eigenvalue weighted by atomic mass is 10.1. The Hall–Kier alpha value is -0.990. The molecule has 0 amide bonds. The predicted molar refractivity (Wildman–Crippen MR) is 48.1 cm³/mol. The van der Waals surface area contributed by atoms with E-state index in [0.717, 1.165) is 11.1 Å². The summed E-state index contributed by atoms with van der Waals surface area (Å²) in [6.07, 6.45) is -3.76. The zero-order valence-corrected chi connectivity index (χ0v) is 7.81. The highest BCUT2D eigenvalue weighted by Crippen LogP contribution is 2.56. The van der Waals surface area contributed by atoms with E-state index in [-0.39, 0.29) is 12.3 Å². The van der Waals surface area contributed by atoms with Gasteiger partial charge in [-0.25, -0.2) is 0 Å². The zero-order valence-electron chi connectivity index (χ0n) is 7.81. The van der Waals surface area contributed by atoms with E-state index in [1.165, 1.54) is 0 Å². The van der Waals surface area contributed by atoms with Gasteiger partial charge in [0.2, 0.25) is 0 Å². The Labute approximate surface area is 80.7 Å². The molecule has 0 radical (unpaired) electrons. The van der Waals surface area contributed by atoms with Crippen molar-refractivity contribution >= 4 is 0 Å². The van der Waals surface area contributed by atoms with E-state index in [0.29, 0.717) is 0 Å². The van der Waals surface area contributed by atoms with Crippen molar-refractivity contribution in [2.24, 2.45) is 5.92 Å². The summed E-state index contributed by atoms with van der Waals surface area (Å²) < 4.78 is 36.8. The fraction of sp³-hybridized carbons (Fsp3) is 0.455. The Morgan fingerprint density at radius 3 is 2.50 bits per heavy atom. The molecule has 0 aromatic heterocycles. The van der Waals surface area contributed by atoms with E-state index in [9.17, 15) is 13.2 Å². The first-order chi connectivity index (χ1) is 6.48. The molecule has 1 aliphatic rings. The molecule has 0 aliphatic heterocycles. The first-order valence-electron chi connectivity index (χ1n) is 4.62. The van der Waals surface area contributed by atoms with Crippen molar-refractivity contribution in [3.8, 4) is 0 Å². The molecule has 0 bridgehead atoms. The van der Waals surface area contributed by atoms with Gasteiger partial charge >= 0.3 is 6.18 Å². The third kappa shape index (κ3) is 1.76. The van der Waals surface area contributed by atoms with Crippen LogP contribution in [0.5, 0.6) is 0 Å². The summed E-state index contributed by atoms with van der Waals surface area (Å²) in [4.78, 5) is 0. The van der Waals surface area contributed by atoms with Crippen LogP contribution in [0.25, 0.3) is 0 Å². The lowest BCUT2D eigenvalue weighted by molar-refractivity contribution is -0.148. The molecular weight excluding hydrogens is 189 g/mol. The van der Waals surface area contributed by atoms with Crippen molar-refractivity contribution in [3.05, 3.63) is 35.4 Å². The van der Waals surface area contributed by atoms with Gasteiger partial charge in [-0.2, -0.15) is 13.2 Å². The fourth-order valence-corrected chi connectivity index (χ4v) is 1.83. The molecule has 0 nitrogen and oxygen atoms in total. The van der Waals surface area contributed by atoms with Crippen LogP contribution < -0.4 is 0 Å². The van der Waals surface area contributed by atoms with E-state index in [2.05, 4.69) is 0 Å². The van der Waals surface area contributed by atoms with Gasteiger partial charge in [-0.15, -0.1) is 0 Å². The molecular formula is C11H11F3. The number of rotatable bonds is 1. The number of benzene rings is 1. The van der Waals surface area contributed by atoms with Gasteiger partial charge in [0.05, 0.1) is 5.92 Å². The number of hydrogen-bond acceptors (Lipinski definition) is 0.